The van der Waals surface area contributed by atoms with E-state index in [0.29, 0.717) is 11.1 Å². The van der Waals surface area contributed by atoms with Gasteiger partial charge < -0.3 is 11.5 Å². The van der Waals surface area contributed by atoms with Crippen molar-refractivity contribution in [2.24, 2.45) is 11.5 Å². The number of benzene rings is 2. The molecule has 0 spiro atoms. The minimum Gasteiger partial charge on any atom is -0.322 e. The minimum atomic E-state index is -4.46. The van der Waals surface area contributed by atoms with Crippen LogP contribution in [0.25, 0.3) is 0 Å². The summed E-state index contributed by atoms with van der Waals surface area (Å²) in [6, 6.07) is 6.64. The molecule has 0 saturated carbocycles. The Balaban J connectivity index is 2.18. The third-order valence-electron chi connectivity index (χ3n) is 3.63. The second-order valence-electron chi connectivity index (χ2n) is 5.29. The first-order valence-corrected chi connectivity index (χ1v) is 6.85. The van der Waals surface area contributed by atoms with Gasteiger partial charge in [-0.1, -0.05) is 24.3 Å². The summed E-state index contributed by atoms with van der Waals surface area (Å²) in [5.41, 5.74) is 10.9. The first kappa shape index (κ1) is 18.3. The lowest BCUT2D eigenvalue weighted by Crippen LogP contribution is -2.26. The second kappa shape index (κ2) is 6.45. The van der Waals surface area contributed by atoms with E-state index in [0.717, 1.165) is 24.3 Å². The molecule has 130 valence electrons. The molecule has 2 aromatic carbocycles. The normalized spacial score (nSPS) is 15.2. The van der Waals surface area contributed by atoms with Crippen molar-refractivity contribution in [3.05, 3.63) is 70.8 Å². The van der Waals surface area contributed by atoms with E-state index in [4.69, 9.17) is 11.5 Å². The largest absolute Gasteiger partial charge is 0.416 e. The summed E-state index contributed by atoms with van der Waals surface area (Å²) in [5, 5.41) is 0. The van der Waals surface area contributed by atoms with Crippen molar-refractivity contribution in [1.82, 2.24) is 0 Å². The molecule has 0 saturated heterocycles. The maximum atomic E-state index is 12.5. The van der Waals surface area contributed by atoms with Gasteiger partial charge in [-0.25, -0.2) is 0 Å². The molecule has 0 amide bonds. The molecule has 0 unspecified atom stereocenters. The first-order valence-electron chi connectivity index (χ1n) is 6.85. The van der Waals surface area contributed by atoms with Crippen molar-refractivity contribution in [2.75, 3.05) is 0 Å². The molecular weight excluding hydrogens is 334 g/mol. The molecule has 0 heterocycles. The maximum absolute atomic E-state index is 12.5. The average Bonchev–Trinajstić information content (AvgIpc) is 2.52. The van der Waals surface area contributed by atoms with Gasteiger partial charge in [0.2, 0.25) is 0 Å². The average molecular weight is 348 g/mol. The molecule has 2 aromatic rings. The van der Waals surface area contributed by atoms with E-state index in [2.05, 4.69) is 0 Å². The fourth-order valence-electron chi connectivity index (χ4n) is 2.20. The van der Waals surface area contributed by atoms with E-state index in [9.17, 15) is 26.3 Å². The number of hydrogen-bond acceptors (Lipinski definition) is 2. The fraction of sp³-hybridized carbons (Fsp3) is 0.250. The molecule has 2 nitrogen and oxygen atoms in total. The molecule has 0 radical (unpaired) electrons. The van der Waals surface area contributed by atoms with Crippen LogP contribution in [0.5, 0.6) is 0 Å². The van der Waals surface area contributed by atoms with Gasteiger partial charge in [-0.05, 0) is 35.4 Å². The zero-order chi connectivity index (χ0) is 18.1. The van der Waals surface area contributed by atoms with Gasteiger partial charge in [-0.3, -0.25) is 0 Å². The number of alkyl halides is 6. The predicted octanol–water partition coefficient (Wildman–Crippen LogP) is 4.42. The Labute approximate surface area is 134 Å². The highest BCUT2D eigenvalue weighted by atomic mass is 19.4. The summed E-state index contributed by atoms with van der Waals surface area (Å²) in [5.74, 6) is 0. The predicted molar refractivity (Wildman–Crippen MR) is 76.7 cm³/mol. The Morgan fingerprint density at radius 2 is 0.792 bits per heavy atom. The topological polar surface area (TPSA) is 52.0 Å². The maximum Gasteiger partial charge on any atom is 0.416 e. The van der Waals surface area contributed by atoms with Gasteiger partial charge in [0.05, 0.1) is 11.1 Å². The van der Waals surface area contributed by atoms with Crippen molar-refractivity contribution in [1.29, 1.82) is 0 Å². The van der Waals surface area contributed by atoms with Crippen molar-refractivity contribution in [3.8, 4) is 0 Å². The Bertz CT molecular complexity index is 612. The highest BCUT2D eigenvalue weighted by Crippen LogP contribution is 2.33. The van der Waals surface area contributed by atoms with Gasteiger partial charge in [0.1, 0.15) is 0 Å². The van der Waals surface area contributed by atoms with Crippen molar-refractivity contribution in [2.45, 2.75) is 24.4 Å². The van der Waals surface area contributed by atoms with E-state index in [1.54, 1.807) is 0 Å². The lowest BCUT2D eigenvalue weighted by Gasteiger charge is -2.21. The third-order valence-corrected chi connectivity index (χ3v) is 3.63. The number of nitrogens with two attached hydrogens (primary N) is 2. The van der Waals surface area contributed by atoms with E-state index < -0.39 is 35.6 Å². The van der Waals surface area contributed by atoms with E-state index in [-0.39, 0.29) is 0 Å². The molecule has 0 fully saturated rings. The summed E-state index contributed by atoms with van der Waals surface area (Å²) < 4.78 is 75.2. The number of rotatable bonds is 3. The van der Waals surface area contributed by atoms with Crippen LogP contribution in [0.3, 0.4) is 0 Å². The van der Waals surface area contributed by atoms with Crippen LogP contribution < -0.4 is 11.5 Å². The Kier molecular flexibility index (Phi) is 4.91. The molecule has 4 N–H and O–H groups in total. The van der Waals surface area contributed by atoms with Crippen LogP contribution >= 0.6 is 0 Å². The molecule has 0 bridgehead atoms. The highest BCUT2D eigenvalue weighted by molar-refractivity contribution is 5.32. The summed E-state index contributed by atoms with van der Waals surface area (Å²) in [6.45, 7) is 0. The minimum absolute atomic E-state index is 0.357. The molecule has 24 heavy (non-hydrogen) atoms. The van der Waals surface area contributed by atoms with Crippen molar-refractivity contribution >= 4 is 0 Å². The summed E-state index contributed by atoms with van der Waals surface area (Å²) in [6.07, 6.45) is -8.92. The third kappa shape index (κ3) is 4.07. The van der Waals surface area contributed by atoms with Crippen LogP contribution in [0.15, 0.2) is 48.5 Å². The first-order chi connectivity index (χ1) is 11.0. The van der Waals surface area contributed by atoms with Gasteiger partial charge >= 0.3 is 12.4 Å². The molecule has 0 aliphatic rings. The fourth-order valence-corrected chi connectivity index (χ4v) is 2.20. The summed E-state index contributed by atoms with van der Waals surface area (Å²) in [7, 11) is 0. The summed E-state index contributed by atoms with van der Waals surface area (Å²) in [4.78, 5) is 0. The second-order valence-corrected chi connectivity index (χ2v) is 5.29. The van der Waals surface area contributed by atoms with Gasteiger partial charge in [0, 0.05) is 12.1 Å². The van der Waals surface area contributed by atoms with Crippen LogP contribution in [-0.4, -0.2) is 0 Å². The standard InChI is InChI=1S/C16H14F6N2/c17-15(18,19)11-5-1-9(2-6-11)13(23)14(24)10-3-7-12(8-4-10)16(20,21)22/h1-8,13-14H,23-24H2/t13-,14-/m1/s1. The van der Waals surface area contributed by atoms with Gasteiger partial charge in [-0.15, -0.1) is 0 Å². The number of hydrogen-bond donors (Lipinski definition) is 2. The molecule has 8 heteroatoms. The quantitative estimate of drug-likeness (QED) is 0.807. The SMILES string of the molecule is N[C@H](c1ccc(C(F)(F)F)cc1)[C@H](N)c1ccc(C(F)(F)F)cc1. The van der Waals surface area contributed by atoms with Crippen LogP contribution in [0.2, 0.25) is 0 Å². The van der Waals surface area contributed by atoms with Gasteiger partial charge in [0.15, 0.2) is 0 Å². The van der Waals surface area contributed by atoms with E-state index in [1.165, 1.54) is 24.3 Å². The van der Waals surface area contributed by atoms with Crippen LogP contribution in [0.4, 0.5) is 26.3 Å². The molecule has 0 aliphatic heterocycles. The van der Waals surface area contributed by atoms with Crippen LogP contribution in [0.1, 0.15) is 34.3 Å². The lowest BCUT2D eigenvalue weighted by atomic mass is 9.93. The Morgan fingerprint density at radius 3 is 1.00 bits per heavy atom. The Hall–Kier alpha value is -2.06. The van der Waals surface area contributed by atoms with E-state index >= 15 is 0 Å². The Morgan fingerprint density at radius 1 is 0.542 bits per heavy atom. The monoisotopic (exact) mass is 348 g/mol. The van der Waals surface area contributed by atoms with Crippen molar-refractivity contribution in [3.63, 3.8) is 0 Å². The molecule has 2 atom stereocenters. The van der Waals surface area contributed by atoms with Gasteiger partial charge in [0.25, 0.3) is 0 Å². The van der Waals surface area contributed by atoms with Crippen LogP contribution in [-0.2, 0) is 12.4 Å². The van der Waals surface area contributed by atoms with Gasteiger partial charge in [-0.2, -0.15) is 26.3 Å². The molecule has 0 aromatic heterocycles. The van der Waals surface area contributed by atoms with Crippen molar-refractivity contribution < 1.29 is 26.3 Å². The van der Waals surface area contributed by atoms with Crippen LogP contribution in [0, 0.1) is 0 Å². The molecule has 2 rings (SSSR count). The smallest absolute Gasteiger partial charge is 0.322 e. The van der Waals surface area contributed by atoms with E-state index in [1.807, 2.05) is 0 Å². The highest BCUT2D eigenvalue weighted by Gasteiger charge is 2.31. The zero-order valence-corrected chi connectivity index (χ0v) is 12.2. The summed E-state index contributed by atoms with van der Waals surface area (Å²) >= 11 is 0. The number of halogens is 6. The molecule has 0 aliphatic carbocycles. The molecular formula is C16H14F6N2. The zero-order valence-electron chi connectivity index (χ0n) is 12.2. The lowest BCUT2D eigenvalue weighted by molar-refractivity contribution is -0.138.